The van der Waals surface area contributed by atoms with Crippen molar-refractivity contribution in [3.05, 3.63) is 22.4 Å². The molecule has 0 bridgehead atoms. The molecule has 1 aromatic rings. The summed E-state index contributed by atoms with van der Waals surface area (Å²) in [5, 5.41) is 13.1. The van der Waals surface area contributed by atoms with E-state index in [0.29, 0.717) is 18.1 Å². The Morgan fingerprint density at radius 2 is 2.09 bits per heavy atom. The molecule has 1 aliphatic heterocycles. The first-order valence-corrected chi connectivity index (χ1v) is 8.70. The van der Waals surface area contributed by atoms with Crippen molar-refractivity contribution in [3.63, 3.8) is 0 Å². The summed E-state index contributed by atoms with van der Waals surface area (Å²) in [6, 6.07) is 2.39. The van der Waals surface area contributed by atoms with Gasteiger partial charge in [0.25, 0.3) is 0 Å². The lowest BCUT2D eigenvalue weighted by Crippen LogP contribution is -2.33. The number of pyridine rings is 1. The van der Waals surface area contributed by atoms with Crippen molar-refractivity contribution in [1.29, 1.82) is 5.26 Å². The first-order chi connectivity index (χ1) is 10.9. The number of nitrogens with one attached hydrogen (secondary N) is 1. The van der Waals surface area contributed by atoms with Crippen molar-refractivity contribution in [1.82, 2.24) is 4.98 Å². The Labute approximate surface area is 140 Å². The molecule has 2 rings (SSSR count). The van der Waals surface area contributed by atoms with Crippen LogP contribution in [-0.4, -0.2) is 17.1 Å². The Balaban J connectivity index is 2.49. The molecule has 0 atom stereocenters. The standard InChI is InChI=1S/C19H29N3O/c1-6-7-8-21-18-15(11-20)14-10-19(4,5)23-12-16(14)17(22-18)9-13(2)3/h13H,6-10,12H2,1-5H3,(H,21,22). The fourth-order valence-electron chi connectivity index (χ4n) is 3.02. The molecule has 0 aliphatic carbocycles. The number of hydrogen-bond donors (Lipinski definition) is 1. The van der Waals surface area contributed by atoms with Crippen LogP contribution < -0.4 is 5.32 Å². The molecule has 1 aliphatic rings. The monoisotopic (exact) mass is 315 g/mol. The van der Waals surface area contributed by atoms with Crippen LogP contribution in [-0.2, 0) is 24.2 Å². The number of aromatic nitrogens is 1. The Morgan fingerprint density at radius 3 is 2.70 bits per heavy atom. The molecule has 0 unspecified atom stereocenters. The van der Waals surface area contributed by atoms with Crippen molar-refractivity contribution >= 4 is 5.82 Å². The zero-order valence-electron chi connectivity index (χ0n) is 15.1. The molecule has 23 heavy (non-hydrogen) atoms. The van der Waals surface area contributed by atoms with E-state index in [-0.39, 0.29) is 5.60 Å². The summed E-state index contributed by atoms with van der Waals surface area (Å²) in [5.74, 6) is 1.28. The molecule has 2 heterocycles. The van der Waals surface area contributed by atoms with Gasteiger partial charge in [-0.2, -0.15) is 5.26 Å². The number of hydrogen-bond acceptors (Lipinski definition) is 4. The first-order valence-electron chi connectivity index (χ1n) is 8.70. The SMILES string of the molecule is CCCCNc1nc(CC(C)C)c2c(c1C#N)CC(C)(C)OC2. The van der Waals surface area contributed by atoms with E-state index in [2.05, 4.69) is 46.0 Å². The highest BCUT2D eigenvalue weighted by Gasteiger charge is 2.31. The lowest BCUT2D eigenvalue weighted by atomic mass is 9.87. The number of rotatable bonds is 6. The molecule has 0 saturated heterocycles. The van der Waals surface area contributed by atoms with Gasteiger partial charge in [0.05, 0.1) is 17.8 Å². The molecule has 0 radical (unpaired) electrons. The van der Waals surface area contributed by atoms with Crippen LogP contribution in [0.15, 0.2) is 0 Å². The van der Waals surface area contributed by atoms with Crippen molar-refractivity contribution < 1.29 is 4.74 Å². The maximum atomic E-state index is 9.70. The van der Waals surface area contributed by atoms with E-state index in [0.717, 1.165) is 54.9 Å². The van der Waals surface area contributed by atoms with Crippen LogP contribution in [0, 0.1) is 17.2 Å². The fraction of sp³-hybridized carbons (Fsp3) is 0.684. The number of anilines is 1. The lowest BCUT2D eigenvalue weighted by molar-refractivity contribution is -0.0407. The average molecular weight is 315 g/mol. The summed E-state index contributed by atoms with van der Waals surface area (Å²) in [6.07, 6.45) is 3.89. The van der Waals surface area contributed by atoms with Gasteiger partial charge in [0.15, 0.2) is 0 Å². The van der Waals surface area contributed by atoms with E-state index >= 15 is 0 Å². The van der Waals surface area contributed by atoms with Crippen molar-refractivity contribution in [3.8, 4) is 6.07 Å². The molecule has 1 aromatic heterocycles. The predicted octanol–water partition coefficient (Wildman–Crippen LogP) is 4.22. The molecule has 0 spiro atoms. The van der Waals surface area contributed by atoms with Crippen LogP contribution in [0.4, 0.5) is 5.82 Å². The van der Waals surface area contributed by atoms with Gasteiger partial charge in [0, 0.05) is 24.2 Å². The number of fused-ring (bicyclic) bond motifs is 1. The fourth-order valence-corrected chi connectivity index (χ4v) is 3.02. The van der Waals surface area contributed by atoms with E-state index in [9.17, 15) is 5.26 Å². The quantitative estimate of drug-likeness (QED) is 0.799. The van der Waals surface area contributed by atoms with Gasteiger partial charge in [-0.1, -0.05) is 27.2 Å². The van der Waals surface area contributed by atoms with Crippen molar-refractivity contribution in [2.45, 2.75) is 72.5 Å². The first kappa shape index (κ1) is 17.7. The average Bonchev–Trinajstić information content (AvgIpc) is 2.46. The Kier molecular flexibility index (Phi) is 5.64. The van der Waals surface area contributed by atoms with Gasteiger partial charge in [0.1, 0.15) is 11.9 Å². The summed E-state index contributed by atoms with van der Waals surface area (Å²) in [6.45, 7) is 12.2. The molecule has 0 amide bonds. The summed E-state index contributed by atoms with van der Waals surface area (Å²) in [4.78, 5) is 4.80. The summed E-state index contributed by atoms with van der Waals surface area (Å²) in [5.41, 5.74) is 3.84. The van der Waals surface area contributed by atoms with E-state index in [4.69, 9.17) is 9.72 Å². The number of unbranched alkanes of at least 4 members (excludes halogenated alkanes) is 1. The highest BCUT2D eigenvalue weighted by atomic mass is 16.5. The summed E-state index contributed by atoms with van der Waals surface area (Å²) < 4.78 is 5.98. The molecule has 0 saturated carbocycles. The Hall–Kier alpha value is -1.60. The smallest absolute Gasteiger partial charge is 0.144 e. The van der Waals surface area contributed by atoms with Gasteiger partial charge in [0.2, 0.25) is 0 Å². The van der Waals surface area contributed by atoms with Gasteiger partial charge >= 0.3 is 0 Å². The number of nitrogens with zero attached hydrogens (tertiary/aromatic N) is 2. The molecule has 4 nitrogen and oxygen atoms in total. The number of ether oxygens (including phenoxy) is 1. The molecular formula is C19H29N3O. The van der Waals surface area contributed by atoms with Crippen LogP contribution in [0.3, 0.4) is 0 Å². The lowest BCUT2D eigenvalue weighted by Gasteiger charge is -2.34. The number of nitriles is 1. The third-order valence-corrected chi connectivity index (χ3v) is 4.24. The molecule has 0 fully saturated rings. The van der Waals surface area contributed by atoms with E-state index in [1.807, 2.05) is 0 Å². The second-order valence-electron chi connectivity index (χ2n) is 7.45. The van der Waals surface area contributed by atoms with Crippen LogP contribution >= 0.6 is 0 Å². The van der Waals surface area contributed by atoms with E-state index < -0.39 is 0 Å². The van der Waals surface area contributed by atoms with Crippen LogP contribution in [0.1, 0.15) is 69.8 Å². The van der Waals surface area contributed by atoms with E-state index in [1.165, 1.54) is 0 Å². The van der Waals surface area contributed by atoms with Gasteiger partial charge in [-0.05, 0) is 38.2 Å². The molecule has 0 aromatic carbocycles. The van der Waals surface area contributed by atoms with Gasteiger partial charge in [-0.25, -0.2) is 4.98 Å². The van der Waals surface area contributed by atoms with Crippen LogP contribution in [0.5, 0.6) is 0 Å². The summed E-state index contributed by atoms with van der Waals surface area (Å²) >= 11 is 0. The largest absolute Gasteiger partial charge is 0.370 e. The highest BCUT2D eigenvalue weighted by Crippen LogP contribution is 2.34. The van der Waals surface area contributed by atoms with Gasteiger partial charge < -0.3 is 10.1 Å². The van der Waals surface area contributed by atoms with Crippen LogP contribution in [0.2, 0.25) is 0 Å². The molecule has 126 valence electrons. The topological polar surface area (TPSA) is 57.9 Å². The minimum absolute atomic E-state index is 0.226. The maximum Gasteiger partial charge on any atom is 0.144 e. The maximum absolute atomic E-state index is 9.70. The minimum atomic E-state index is -0.226. The van der Waals surface area contributed by atoms with Crippen LogP contribution in [0.25, 0.3) is 0 Å². The zero-order valence-corrected chi connectivity index (χ0v) is 15.1. The second-order valence-corrected chi connectivity index (χ2v) is 7.45. The Bertz CT molecular complexity index is 600. The zero-order chi connectivity index (χ0) is 17.0. The Morgan fingerprint density at radius 1 is 1.35 bits per heavy atom. The summed E-state index contributed by atoms with van der Waals surface area (Å²) in [7, 11) is 0. The van der Waals surface area contributed by atoms with Crippen molar-refractivity contribution in [2.75, 3.05) is 11.9 Å². The molecule has 4 heteroatoms. The highest BCUT2D eigenvalue weighted by molar-refractivity contribution is 5.60. The second kappa shape index (κ2) is 7.31. The third kappa shape index (κ3) is 4.23. The van der Waals surface area contributed by atoms with Crippen molar-refractivity contribution in [2.24, 2.45) is 5.92 Å². The third-order valence-electron chi connectivity index (χ3n) is 4.24. The minimum Gasteiger partial charge on any atom is -0.370 e. The normalized spacial score (nSPS) is 16.0. The predicted molar refractivity (Wildman–Crippen MR) is 93.5 cm³/mol. The van der Waals surface area contributed by atoms with Gasteiger partial charge in [-0.3, -0.25) is 0 Å². The van der Waals surface area contributed by atoms with E-state index in [1.54, 1.807) is 0 Å². The van der Waals surface area contributed by atoms with Gasteiger partial charge in [-0.15, -0.1) is 0 Å². The molecule has 1 N–H and O–H groups in total. The molecular weight excluding hydrogens is 286 g/mol.